The second-order valence-corrected chi connectivity index (χ2v) is 4.45. The molecule has 0 atom stereocenters. The Bertz CT molecular complexity index is 462. The molecule has 1 heterocycles. The fourth-order valence-corrected chi connectivity index (χ4v) is 1.86. The molecule has 3 nitrogen and oxygen atoms in total. The van der Waals surface area contributed by atoms with Gasteiger partial charge >= 0.3 is 0 Å². The lowest BCUT2D eigenvalue weighted by Crippen LogP contribution is -2.22. The van der Waals surface area contributed by atoms with Crippen molar-refractivity contribution in [3.63, 3.8) is 0 Å². The Balaban J connectivity index is 1.95. The topological polar surface area (TPSA) is 42.0 Å². The fourth-order valence-electron chi connectivity index (χ4n) is 1.30. The molecule has 0 bridgehead atoms. The molecule has 2 rings (SSSR count). The van der Waals surface area contributed by atoms with Gasteiger partial charge in [-0.1, -0.05) is 17.7 Å². The molecule has 4 heteroatoms. The molecule has 1 aromatic carbocycles. The van der Waals surface area contributed by atoms with Gasteiger partial charge < -0.3 is 5.32 Å². The van der Waals surface area contributed by atoms with Crippen LogP contribution in [0.5, 0.6) is 0 Å². The van der Waals surface area contributed by atoms with Gasteiger partial charge in [-0.2, -0.15) is 0 Å². The van der Waals surface area contributed by atoms with E-state index in [2.05, 4.69) is 10.3 Å². The third-order valence-electron chi connectivity index (χ3n) is 2.20. The highest BCUT2D eigenvalue weighted by Crippen LogP contribution is 2.05. The van der Waals surface area contributed by atoms with Crippen LogP contribution in [-0.2, 0) is 6.54 Å². The summed E-state index contributed by atoms with van der Waals surface area (Å²) in [6, 6.07) is 7.51. The highest BCUT2D eigenvalue weighted by molar-refractivity contribution is 7.09. The molecule has 0 spiro atoms. The van der Waals surface area contributed by atoms with E-state index in [9.17, 15) is 4.79 Å². The zero-order valence-electron chi connectivity index (χ0n) is 8.93. The van der Waals surface area contributed by atoms with Crippen LogP contribution in [0.15, 0.2) is 35.8 Å². The Labute approximate surface area is 98.2 Å². The molecule has 0 unspecified atom stereocenters. The molecule has 0 aliphatic heterocycles. The first-order valence-corrected chi connectivity index (χ1v) is 5.87. The average molecular weight is 232 g/mol. The first-order chi connectivity index (χ1) is 7.75. The fraction of sp³-hybridized carbons (Fsp3) is 0.167. The van der Waals surface area contributed by atoms with Crippen LogP contribution in [0.2, 0.25) is 0 Å². The van der Waals surface area contributed by atoms with E-state index in [1.807, 2.05) is 36.6 Å². The number of hydrogen-bond acceptors (Lipinski definition) is 3. The third kappa shape index (κ3) is 2.67. The first kappa shape index (κ1) is 10.8. The number of aryl methyl sites for hydroxylation is 1. The van der Waals surface area contributed by atoms with Gasteiger partial charge in [0.15, 0.2) is 0 Å². The zero-order valence-corrected chi connectivity index (χ0v) is 9.75. The average Bonchev–Trinajstić information content (AvgIpc) is 2.80. The van der Waals surface area contributed by atoms with E-state index in [1.165, 1.54) is 11.3 Å². The van der Waals surface area contributed by atoms with Gasteiger partial charge in [0, 0.05) is 17.1 Å². The first-order valence-electron chi connectivity index (χ1n) is 4.99. The maximum absolute atomic E-state index is 11.7. The van der Waals surface area contributed by atoms with Crippen molar-refractivity contribution in [3.05, 3.63) is 52.0 Å². The molecule has 16 heavy (non-hydrogen) atoms. The van der Waals surface area contributed by atoms with Crippen molar-refractivity contribution in [2.24, 2.45) is 0 Å². The molecule has 1 aromatic heterocycles. The van der Waals surface area contributed by atoms with Crippen LogP contribution in [-0.4, -0.2) is 10.9 Å². The second-order valence-electron chi connectivity index (χ2n) is 3.47. The lowest BCUT2D eigenvalue weighted by molar-refractivity contribution is 0.0951. The summed E-state index contributed by atoms with van der Waals surface area (Å²) in [4.78, 5) is 15.8. The number of benzene rings is 1. The van der Waals surface area contributed by atoms with E-state index in [0.29, 0.717) is 12.1 Å². The lowest BCUT2D eigenvalue weighted by atomic mass is 10.1. The number of nitrogens with zero attached hydrogens (tertiary/aromatic N) is 1. The zero-order chi connectivity index (χ0) is 11.4. The van der Waals surface area contributed by atoms with Gasteiger partial charge in [-0.15, -0.1) is 11.3 Å². The Morgan fingerprint density at radius 3 is 2.75 bits per heavy atom. The summed E-state index contributed by atoms with van der Waals surface area (Å²) in [7, 11) is 0. The predicted octanol–water partition coefficient (Wildman–Crippen LogP) is 2.38. The summed E-state index contributed by atoms with van der Waals surface area (Å²) in [5, 5.41) is 5.64. The molecule has 1 N–H and O–H groups in total. The molecule has 0 saturated heterocycles. The van der Waals surface area contributed by atoms with Gasteiger partial charge in [-0.25, -0.2) is 4.98 Å². The molecule has 0 aliphatic carbocycles. The van der Waals surface area contributed by atoms with Crippen molar-refractivity contribution in [2.75, 3.05) is 0 Å². The number of amides is 1. The van der Waals surface area contributed by atoms with Gasteiger partial charge in [-0.3, -0.25) is 4.79 Å². The maximum Gasteiger partial charge on any atom is 0.251 e. The van der Waals surface area contributed by atoms with Crippen LogP contribution in [0.25, 0.3) is 0 Å². The Morgan fingerprint density at radius 1 is 1.38 bits per heavy atom. The van der Waals surface area contributed by atoms with Gasteiger partial charge in [0.05, 0.1) is 6.54 Å². The van der Waals surface area contributed by atoms with Crippen molar-refractivity contribution in [2.45, 2.75) is 13.5 Å². The monoisotopic (exact) mass is 232 g/mol. The number of carbonyl (C=O) groups is 1. The van der Waals surface area contributed by atoms with Crippen molar-refractivity contribution < 1.29 is 4.79 Å². The smallest absolute Gasteiger partial charge is 0.251 e. The van der Waals surface area contributed by atoms with E-state index in [4.69, 9.17) is 0 Å². The van der Waals surface area contributed by atoms with Crippen LogP contribution in [0.1, 0.15) is 20.9 Å². The standard InChI is InChI=1S/C12H12N2OS/c1-9-2-4-10(5-3-9)12(15)14-8-11-13-6-7-16-11/h2-7H,8H2,1H3,(H,14,15). The van der Waals surface area contributed by atoms with Crippen LogP contribution in [0.4, 0.5) is 0 Å². The SMILES string of the molecule is Cc1ccc(C(=O)NCc2nccs2)cc1. The molecule has 0 fully saturated rings. The van der Waals surface area contributed by atoms with Crippen molar-refractivity contribution in [1.82, 2.24) is 10.3 Å². The van der Waals surface area contributed by atoms with Crippen LogP contribution >= 0.6 is 11.3 Å². The molecular formula is C12H12N2OS. The lowest BCUT2D eigenvalue weighted by Gasteiger charge is -2.03. The second kappa shape index (κ2) is 4.90. The van der Waals surface area contributed by atoms with Crippen LogP contribution in [0, 0.1) is 6.92 Å². The minimum atomic E-state index is -0.0600. The Morgan fingerprint density at radius 2 is 2.12 bits per heavy atom. The highest BCUT2D eigenvalue weighted by Gasteiger charge is 2.04. The summed E-state index contributed by atoms with van der Waals surface area (Å²) in [6.07, 6.45) is 1.73. The number of rotatable bonds is 3. The Hall–Kier alpha value is -1.68. The summed E-state index contributed by atoms with van der Waals surface area (Å²) >= 11 is 1.54. The van der Waals surface area contributed by atoms with Crippen molar-refractivity contribution in [1.29, 1.82) is 0 Å². The number of nitrogens with one attached hydrogen (secondary N) is 1. The summed E-state index contributed by atoms with van der Waals surface area (Å²) < 4.78 is 0. The normalized spacial score (nSPS) is 10.1. The highest BCUT2D eigenvalue weighted by atomic mass is 32.1. The number of aromatic nitrogens is 1. The van der Waals surface area contributed by atoms with Crippen LogP contribution < -0.4 is 5.32 Å². The minimum Gasteiger partial charge on any atom is -0.346 e. The Kier molecular flexibility index (Phi) is 3.31. The summed E-state index contributed by atoms with van der Waals surface area (Å²) in [5.74, 6) is -0.0600. The predicted molar refractivity (Wildman–Crippen MR) is 64.5 cm³/mol. The van der Waals surface area contributed by atoms with Crippen LogP contribution in [0.3, 0.4) is 0 Å². The molecule has 2 aromatic rings. The molecule has 0 saturated carbocycles. The molecular weight excluding hydrogens is 220 g/mol. The molecule has 0 aliphatic rings. The van der Waals surface area contributed by atoms with Gasteiger partial charge in [0.2, 0.25) is 0 Å². The van der Waals surface area contributed by atoms with Crippen molar-refractivity contribution >= 4 is 17.2 Å². The molecule has 0 radical (unpaired) electrons. The quantitative estimate of drug-likeness (QED) is 0.882. The summed E-state index contributed by atoms with van der Waals surface area (Å²) in [5.41, 5.74) is 1.83. The number of thiazole rings is 1. The van der Waals surface area contributed by atoms with Crippen molar-refractivity contribution in [3.8, 4) is 0 Å². The summed E-state index contributed by atoms with van der Waals surface area (Å²) in [6.45, 7) is 2.49. The van der Waals surface area contributed by atoms with Gasteiger partial charge in [0.25, 0.3) is 5.91 Å². The van der Waals surface area contributed by atoms with E-state index in [0.717, 1.165) is 10.6 Å². The van der Waals surface area contributed by atoms with E-state index in [-0.39, 0.29) is 5.91 Å². The largest absolute Gasteiger partial charge is 0.346 e. The van der Waals surface area contributed by atoms with E-state index < -0.39 is 0 Å². The van der Waals surface area contributed by atoms with E-state index in [1.54, 1.807) is 6.20 Å². The van der Waals surface area contributed by atoms with Gasteiger partial charge in [-0.05, 0) is 19.1 Å². The molecule has 82 valence electrons. The van der Waals surface area contributed by atoms with Gasteiger partial charge in [0.1, 0.15) is 5.01 Å². The number of hydrogen-bond donors (Lipinski definition) is 1. The minimum absolute atomic E-state index is 0.0600. The van der Waals surface area contributed by atoms with E-state index >= 15 is 0 Å². The number of carbonyl (C=O) groups excluding carboxylic acids is 1. The maximum atomic E-state index is 11.7. The third-order valence-corrected chi connectivity index (χ3v) is 2.98. The molecule has 1 amide bonds.